The van der Waals surface area contributed by atoms with Crippen LogP contribution in [0.2, 0.25) is 0 Å². The van der Waals surface area contributed by atoms with E-state index in [0.29, 0.717) is 0 Å². The summed E-state index contributed by atoms with van der Waals surface area (Å²) in [5, 5.41) is 55.3. The summed E-state index contributed by atoms with van der Waals surface area (Å²) in [6, 6.07) is 0. The molecule has 0 heterocycles. The molecule has 0 rings (SSSR count). The van der Waals surface area contributed by atoms with Crippen LogP contribution in [-0.4, -0.2) is 92.1 Å². The van der Waals surface area contributed by atoms with E-state index in [1.807, 2.05) is 0 Å². The van der Waals surface area contributed by atoms with Gasteiger partial charge in [-0.3, -0.25) is 14.4 Å². The van der Waals surface area contributed by atoms with E-state index in [2.05, 4.69) is 6.58 Å². The molecule has 0 radical (unpaired) electrons. The summed E-state index contributed by atoms with van der Waals surface area (Å²) in [6.45, 7) is 1.51. The molecule has 0 aliphatic rings. The Morgan fingerprint density at radius 3 is 2.00 bits per heavy atom. The van der Waals surface area contributed by atoms with Gasteiger partial charge < -0.3 is 40.1 Å². The van der Waals surface area contributed by atoms with Gasteiger partial charge in [0.15, 0.2) is 6.10 Å². The van der Waals surface area contributed by atoms with E-state index in [9.17, 15) is 34.5 Å². The number of aliphatic carboxylic acids is 2. The Morgan fingerprint density at radius 1 is 0.897 bits per heavy atom. The predicted octanol–water partition coefficient (Wildman–Crippen LogP) is -1.81. The number of carboxylic acids is 2. The van der Waals surface area contributed by atoms with Crippen molar-refractivity contribution in [2.45, 2.75) is 56.5 Å². The van der Waals surface area contributed by atoms with Crippen LogP contribution in [-0.2, 0) is 28.7 Å². The predicted molar refractivity (Wildman–Crippen MR) is 93.4 cm³/mol. The average Bonchev–Trinajstić information content (AvgIpc) is 2.65. The van der Waals surface area contributed by atoms with Gasteiger partial charge in [0.2, 0.25) is 0 Å². The number of unbranched alkanes of at least 4 members (excludes halogenated alkanes) is 1. The van der Waals surface area contributed by atoms with E-state index in [-0.39, 0.29) is 25.7 Å². The van der Waals surface area contributed by atoms with Crippen LogP contribution in [0, 0.1) is 0 Å². The molecule has 0 aliphatic carbocycles. The molecule has 12 heteroatoms. The number of esters is 2. The third kappa shape index (κ3) is 11.1. The highest BCUT2D eigenvalue weighted by Crippen LogP contribution is 2.13. The van der Waals surface area contributed by atoms with E-state index in [0.717, 1.165) is 0 Å². The van der Waals surface area contributed by atoms with Crippen molar-refractivity contribution >= 4 is 23.9 Å². The zero-order valence-electron chi connectivity index (χ0n) is 15.6. The fraction of sp³-hybridized carbons (Fsp3) is 0.647. The van der Waals surface area contributed by atoms with Gasteiger partial charge >= 0.3 is 23.9 Å². The molecule has 29 heavy (non-hydrogen) atoms. The van der Waals surface area contributed by atoms with Crippen molar-refractivity contribution in [3.05, 3.63) is 12.2 Å². The number of hydrogen-bond acceptors (Lipinski definition) is 10. The Hall–Kier alpha value is -2.54. The maximum absolute atomic E-state index is 11.9. The topological polar surface area (TPSA) is 208 Å². The third-order valence-electron chi connectivity index (χ3n) is 3.65. The van der Waals surface area contributed by atoms with Crippen molar-refractivity contribution < 1.29 is 59.3 Å². The molecule has 0 saturated carbocycles. The minimum Gasteiger partial charge on any atom is -0.481 e. The number of carbonyl (C=O) groups excluding carboxylic acids is 2. The van der Waals surface area contributed by atoms with E-state index < -0.39 is 73.5 Å². The van der Waals surface area contributed by atoms with Crippen LogP contribution in [0.1, 0.15) is 32.1 Å². The smallest absolute Gasteiger partial charge is 0.334 e. The van der Waals surface area contributed by atoms with Crippen molar-refractivity contribution in [1.82, 2.24) is 0 Å². The lowest BCUT2D eigenvalue weighted by atomic mass is 10.0. The number of aliphatic hydroxyl groups is 4. The van der Waals surface area contributed by atoms with Crippen molar-refractivity contribution in [1.29, 1.82) is 0 Å². The molecule has 0 aromatic rings. The second-order valence-electron chi connectivity index (χ2n) is 6.13. The van der Waals surface area contributed by atoms with Gasteiger partial charge in [-0.25, -0.2) is 4.79 Å². The van der Waals surface area contributed by atoms with Crippen molar-refractivity contribution in [3.63, 3.8) is 0 Å². The van der Waals surface area contributed by atoms with Crippen LogP contribution in [0.25, 0.3) is 0 Å². The summed E-state index contributed by atoms with van der Waals surface area (Å²) in [6.07, 6.45) is -8.09. The van der Waals surface area contributed by atoms with Crippen molar-refractivity contribution in [2.75, 3.05) is 13.2 Å². The van der Waals surface area contributed by atoms with Gasteiger partial charge in [0, 0.05) is 18.4 Å². The molecule has 0 bridgehead atoms. The Morgan fingerprint density at radius 2 is 1.48 bits per heavy atom. The lowest BCUT2D eigenvalue weighted by Gasteiger charge is -2.28. The number of carbonyl (C=O) groups is 4. The van der Waals surface area contributed by atoms with Crippen molar-refractivity contribution in [3.8, 4) is 0 Å². The highest BCUT2D eigenvalue weighted by Gasteiger charge is 2.34. The summed E-state index contributed by atoms with van der Waals surface area (Å²) >= 11 is 0. The third-order valence-corrected chi connectivity index (χ3v) is 3.65. The minimum atomic E-state index is -1.96. The summed E-state index contributed by atoms with van der Waals surface area (Å²) in [4.78, 5) is 44.6. The van der Waals surface area contributed by atoms with Crippen molar-refractivity contribution in [2.24, 2.45) is 0 Å². The molecule has 0 amide bonds. The molecule has 0 aromatic carbocycles. The molecule has 166 valence electrons. The fourth-order valence-electron chi connectivity index (χ4n) is 2.05. The quantitative estimate of drug-likeness (QED) is 0.0980. The highest BCUT2D eigenvalue weighted by molar-refractivity contribution is 5.92. The molecule has 6 N–H and O–H groups in total. The lowest BCUT2D eigenvalue weighted by molar-refractivity contribution is -0.177. The second kappa shape index (κ2) is 13.6. The van der Waals surface area contributed by atoms with Gasteiger partial charge in [-0.1, -0.05) is 6.58 Å². The average molecular weight is 422 g/mol. The molecule has 4 atom stereocenters. The number of carboxylic acid groups (broad SMARTS) is 2. The first kappa shape index (κ1) is 26.5. The fourth-order valence-corrected chi connectivity index (χ4v) is 2.05. The molecule has 0 unspecified atom stereocenters. The largest absolute Gasteiger partial charge is 0.481 e. The second-order valence-corrected chi connectivity index (χ2v) is 6.13. The number of rotatable bonds is 15. The number of aliphatic hydroxyl groups excluding tert-OH is 4. The molecule has 0 saturated heterocycles. The summed E-state index contributed by atoms with van der Waals surface area (Å²) in [5.74, 6) is -4.41. The Balaban J connectivity index is 4.94. The van der Waals surface area contributed by atoms with Crippen LogP contribution < -0.4 is 0 Å². The molecular formula is C17H26O12. The van der Waals surface area contributed by atoms with Crippen LogP contribution in [0.15, 0.2) is 12.2 Å². The molecule has 12 nitrogen and oxygen atoms in total. The van der Waals surface area contributed by atoms with Gasteiger partial charge in [0.25, 0.3) is 0 Å². The van der Waals surface area contributed by atoms with Crippen LogP contribution in [0.5, 0.6) is 0 Å². The van der Waals surface area contributed by atoms with Gasteiger partial charge in [0.05, 0.1) is 13.0 Å². The Kier molecular flexibility index (Phi) is 12.4. The Bertz CT molecular complexity index is 587. The molecule has 0 aliphatic heterocycles. The van der Waals surface area contributed by atoms with Crippen LogP contribution >= 0.6 is 0 Å². The molecule has 0 spiro atoms. The maximum atomic E-state index is 11.9. The maximum Gasteiger partial charge on any atom is 0.334 e. The SMILES string of the molecule is C=C(CC(=O)O)C(=O)OC[C@H](OC(=O)CCCCC(=O)O)[C@@H](O)[C@H](O)[C@H](O)CO. The van der Waals surface area contributed by atoms with Gasteiger partial charge in [-0.15, -0.1) is 0 Å². The van der Waals surface area contributed by atoms with Gasteiger partial charge in [0.1, 0.15) is 24.9 Å². The van der Waals surface area contributed by atoms with Gasteiger partial charge in [-0.2, -0.15) is 0 Å². The van der Waals surface area contributed by atoms with E-state index in [4.69, 9.17) is 24.8 Å². The Labute approximate surface area is 166 Å². The van der Waals surface area contributed by atoms with Crippen LogP contribution in [0.4, 0.5) is 0 Å². The minimum absolute atomic E-state index is 0.158. The summed E-state index contributed by atoms with van der Waals surface area (Å²) in [7, 11) is 0. The summed E-state index contributed by atoms with van der Waals surface area (Å²) < 4.78 is 9.67. The number of ether oxygens (including phenoxy) is 2. The normalized spacial score (nSPS) is 14.9. The van der Waals surface area contributed by atoms with E-state index >= 15 is 0 Å². The van der Waals surface area contributed by atoms with Gasteiger partial charge in [-0.05, 0) is 12.8 Å². The highest BCUT2D eigenvalue weighted by atomic mass is 16.6. The zero-order valence-corrected chi connectivity index (χ0v) is 15.6. The molecule has 0 fully saturated rings. The summed E-state index contributed by atoms with van der Waals surface area (Å²) in [5.41, 5.74) is -0.415. The monoisotopic (exact) mass is 422 g/mol. The zero-order chi connectivity index (χ0) is 22.6. The first-order chi connectivity index (χ1) is 13.5. The standard InChI is InChI=1S/C17H26O12/c1-9(6-13(22)23)17(27)28-8-11(16(26)15(25)10(19)7-18)29-14(24)5-3-2-4-12(20)21/h10-11,15-16,18-19,25-26H,1-8H2,(H,20,21)(H,22,23)/t10-,11+,15-,16-/m1/s1. The first-order valence-corrected chi connectivity index (χ1v) is 8.62. The number of hydrogen-bond donors (Lipinski definition) is 6. The molecular weight excluding hydrogens is 396 g/mol. The van der Waals surface area contributed by atoms with E-state index in [1.54, 1.807) is 0 Å². The van der Waals surface area contributed by atoms with E-state index in [1.165, 1.54) is 0 Å². The first-order valence-electron chi connectivity index (χ1n) is 8.62. The lowest BCUT2D eigenvalue weighted by Crippen LogP contribution is -2.49. The molecule has 0 aromatic heterocycles. The van der Waals surface area contributed by atoms with Crippen LogP contribution in [0.3, 0.4) is 0 Å².